The molecule has 1 aromatic carbocycles. The van der Waals surface area contributed by atoms with Crippen molar-refractivity contribution in [1.29, 1.82) is 0 Å². The first-order valence-electron chi connectivity index (χ1n) is 6.46. The summed E-state index contributed by atoms with van der Waals surface area (Å²) in [6, 6.07) is 2.90. The maximum absolute atomic E-state index is 11.3. The molecule has 0 aromatic heterocycles. The molecule has 1 amide bonds. The fourth-order valence-corrected chi connectivity index (χ4v) is 2.06. The molecule has 3 N–H and O–H groups in total. The van der Waals surface area contributed by atoms with Crippen molar-refractivity contribution in [1.82, 2.24) is 0 Å². The van der Waals surface area contributed by atoms with Gasteiger partial charge in [-0.25, -0.2) is 0 Å². The van der Waals surface area contributed by atoms with E-state index in [0.29, 0.717) is 18.5 Å². The average Bonchev–Trinajstić information content (AvgIpc) is 2.43. The van der Waals surface area contributed by atoms with Crippen molar-refractivity contribution in [2.24, 2.45) is 5.92 Å². The monoisotopic (exact) mass is 293 g/mol. The van der Waals surface area contributed by atoms with E-state index < -0.39 is 16.8 Å². The molecule has 1 aromatic rings. The number of aryl methyl sites for hydroxylation is 1. The highest BCUT2D eigenvalue weighted by molar-refractivity contribution is 5.95. The van der Waals surface area contributed by atoms with Crippen LogP contribution in [0.3, 0.4) is 0 Å². The van der Waals surface area contributed by atoms with E-state index >= 15 is 0 Å². The van der Waals surface area contributed by atoms with Crippen LogP contribution in [0.2, 0.25) is 0 Å². The van der Waals surface area contributed by atoms with E-state index in [1.54, 1.807) is 6.07 Å². The van der Waals surface area contributed by atoms with Crippen molar-refractivity contribution in [3.8, 4) is 0 Å². The molecule has 1 atom stereocenters. The van der Waals surface area contributed by atoms with Crippen LogP contribution in [-0.2, 0) is 16.0 Å². The minimum absolute atomic E-state index is 0.0846. The second-order valence-corrected chi connectivity index (χ2v) is 4.95. The average molecular weight is 293 g/mol. The van der Waals surface area contributed by atoms with E-state index in [0.717, 1.165) is 5.56 Å². The third kappa shape index (κ3) is 3.28. The van der Waals surface area contributed by atoms with Gasteiger partial charge in [0.2, 0.25) is 5.91 Å². The zero-order valence-corrected chi connectivity index (χ0v) is 11.4. The molecule has 21 heavy (non-hydrogen) atoms. The molecule has 0 radical (unpaired) electrons. The molecule has 0 spiro atoms. The lowest BCUT2D eigenvalue weighted by Crippen LogP contribution is -2.22. The standard InChI is InChI=1S/C13H15N3O5/c1-7(13(18)19)6-14-10-4-8-2-3-12(17)15-9(8)5-11(10)16(20)21/h4-5,7,14H,2-3,6H2,1H3,(H,15,17)(H,18,19). The number of hydrogen-bond donors (Lipinski definition) is 3. The van der Waals surface area contributed by atoms with Gasteiger partial charge in [0, 0.05) is 19.0 Å². The third-order valence-electron chi connectivity index (χ3n) is 3.33. The summed E-state index contributed by atoms with van der Waals surface area (Å²) in [5, 5.41) is 25.3. The summed E-state index contributed by atoms with van der Waals surface area (Å²) in [7, 11) is 0. The highest BCUT2D eigenvalue weighted by Crippen LogP contribution is 2.34. The number of anilines is 2. The van der Waals surface area contributed by atoms with Gasteiger partial charge in [0.05, 0.1) is 16.5 Å². The molecule has 8 heteroatoms. The molecule has 2 rings (SSSR count). The molecule has 1 heterocycles. The van der Waals surface area contributed by atoms with Gasteiger partial charge < -0.3 is 15.7 Å². The number of carbonyl (C=O) groups is 2. The molecule has 1 aliphatic rings. The number of amides is 1. The molecular formula is C13H15N3O5. The van der Waals surface area contributed by atoms with Crippen molar-refractivity contribution < 1.29 is 19.6 Å². The van der Waals surface area contributed by atoms with E-state index in [1.807, 2.05) is 0 Å². The van der Waals surface area contributed by atoms with Crippen LogP contribution in [0.25, 0.3) is 0 Å². The summed E-state index contributed by atoms with van der Waals surface area (Å²) in [4.78, 5) is 32.7. The van der Waals surface area contributed by atoms with Crippen LogP contribution >= 0.6 is 0 Å². The number of nitrogens with one attached hydrogen (secondary N) is 2. The van der Waals surface area contributed by atoms with Crippen LogP contribution < -0.4 is 10.6 Å². The summed E-state index contributed by atoms with van der Waals surface area (Å²) in [6.07, 6.45) is 0.831. The molecule has 8 nitrogen and oxygen atoms in total. The largest absolute Gasteiger partial charge is 0.481 e. The highest BCUT2D eigenvalue weighted by Gasteiger charge is 2.23. The topological polar surface area (TPSA) is 122 Å². The van der Waals surface area contributed by atoms with E-state index in [9.17, 15) is 19.7 Å². The summed E-state index contributed by atoms with van der Waals surface area (Å²) in [5.74, 6) is -1.81. The predicted octanol–water partition coefficient (Wildman–Crippen LogP) is 1.61. The number of nitro groups is 1. The first-order chi connectivity index (χ1) is 9.88. The number of carboxylic acids is 1. The number of rotatable bonds is 5. The van der Waals surface area contributed by atoms with E-state index in [-0.39, 0.29) is 23.8 Å². The number of carboxylic acid groups (broad SMARTS) is 1. The lowest BCUT2D eigenvalue weighted by atomic mass is 10.0. The van der Waals surface area contributed by atoms with Gasteiger partial charge in [0.1, 0.15) is 5.69 Å². The zero-order valence-electron chi connectivity index (χ0n) is 11.4. The lowest BCUT2D eigenvalue weighted by Gasteiger charge is -2.18. The molecule has 112 valence electrons. The van der Waals surface area contributed by atoms with Gasteiger partial charge in [-0.3, -0.25) is 19.7 Å². The second kappa shape index (κ2) is 5.78. The van der Waals surface area contributed by atoms with Crippen molar-refractivity contribution >= 4 is 28.9 Å². The highest BCUT2D eigenvalue weighted by atomic mass is 16.6. The Labute approximate surface area is 120 Å². The Morgan fingerprint density at radius 2 is 2.24 bits per heavy atom. The van der Waals surface area contributed by atoms with Gasteiger partial charge in [0.15, 0.2) is 0 Å². The Morgan fingerprint density at radius 1 is 1.52 bits per heavy atom. The molecule has 0 saturated carbocycles. The molecule has 0 aliphatic carbocycles. The molecule has 0 saturated heterocycles. The minimum atomic E-state index is -0.977. The Bertz CT molecular complexity index is 614. The normalized spacial score (nSPS) is 14.8. The Kier molecular flexibility index (Phi) is 4.06. The van der Waals surface area contributed by atoms with Gasteiger partial charge >= 0.3 is 5.97 Å². The summed E-state index contributed by atoms with van der Waals surface area (Å²) in [5.41, 5.74) is 1.32. The summed E-state index contributed by atoms with van der Waals surface area (Å²) >= 11 is 0. The summed E-state index contributed by atoms with van der Waals surface area (Å²) in [6.45, 7) is 1.60. The van der Waals surface area contributed by atoms with Crippen LogP contribution in [0.1, 0.15) is 18.9 Å². The number of carbonyl (C=O) groups excluding carboxylic acids is 1. The van der Waals surface area contributed by atoms with Gasteiger partial charge in [-0.1, -0.05) is 6.92 Å². The van der Waals surface area contributed by atoms with Crippen LogP contribution in [0.15, 0.2) is 12.1 Å². The fraction of sp³-hybridized carbons (Fsp3) is 0.385. The van der Waals surface area contributed by atoms with E-state index in [2.05, 4.69) is 10.6 Å². The fourth-order valence-electron chi connectivity index (χ4n) is 2.06. The first-order valence-corrected chi connectivity index (χ1v) is 6.46. The molecule has 1 unspecified atom stereocenters. The van der Waals surface area contributed by atoms with Crippen molar-refractivity contribution in [3.05, 3.63) is 27.8 Å². The van der Waals surface area contributed by atoms with Crippen LogP contribution in [0.5, 0.6) is 0 Å². The van der Waals surface area contributed by atoms with Gasteiger partial charge in [-0.05, 0) is 18.1 Å². The molecule has 0 fully saturated rings. The Morgan fingerprint density at radius 3 is 2.86 bits per heavy atom. The maximum Gasteiger partial charge on any atom is 0.308 e. The van der Waals surface area contributed by atoms with Crippen molar-refractivity contribution in [3.63, 3.8) is 0 Å². The van der Waals surface area contributed by atoms with Crippen LogP contribution in [-0.4, -0.2) is 28.5 Å². The third-order valence-corrected chi connectivity index (χ3v) is 3.33. The van der Waals surface area contributed by atoms with E-state index in [1.165, 1.54) is 13.0 Å². The Hall–Kier alpha value is -2.64. The molecular weight excluding hydrogens is 278 g/mol. The number of aliphatic carboxylic acids is 1. The quantitative estimate of drug-likeness (QED) is 0.560. The number of nitro benzene ring substituents is 1. The number of hydrogen-bond acceptors (Lipinski definition) is 5. The van der Waals surface area contributed by atoms with Gasteiger partial charge in [-0.15, -0.1) is 0 Å². The minimum Gasteiger partial charge on any atom is -0.481 e. The molecule has 0 bridgehead atoms. The smallest absolute Gasteiger partial charge is 0.308 e. The summed E-state index contributed by atoms with van der Waals surface area (Å²) < 4.78 is 0. The maximum atomic E-state index is 11.3. The first kappa shape index (κ1) is 14.8. The van der Waals surface area contributed by atoms with E-state index in [4.69, 9.17) is 5.11 Å². The van der Waals surface area contributed by atoms with Gasteiger partial charge in [0.25, 0.3) is 5.69 Å². The lowest BCUT2D eigenvalue weighted by molar-refractivity contribution is -0.383. The predicted molar refractivity (Wildman–Crippen MR) is 75.3 cm³/mol. The number of benzene rings is 1. The van der Waals surface area contributed by atoms with Crippen LogP contribution in [0.4, 0.5) is 17.1 Å². The van der Waals surface area contributed by atoms with Gasteiger partial charge in [-0.2, -0.15) is 0 Å². The van der Waals surface area contributed by atoms with Crippen LogP contribution in [0, 0.1) is 16.0 Å². The number of nitrogens with zero attached hydrogens (tertiary/aromatic N) is 1. The zero-order chi connectivity index (χ0) is 15.6. The Balaban J connectivity index is 2.29. The second-order valence-electron chi connectivity index (χ2n) is 4.95. The van der Waals surface area contributed by atoms with Crippen molar-refractivity contribution in [2.45, 2.75) is 19.8 Å². The molecule has 1 aliphatic heterocycles. The SMILES string of the molecule is CC(CNc1cc2c(cc1[N+](=O)[O-])NC(=O)CC2)C(=O)O. The number of fused-ring (bicyclic) bond motifs is 1. The van der Waals surface area contributed by atoms with Crippen molar-refractivity contribution in [2.75, 3.05) is 17.2 Å².